The summed E-state index contributed by atoms with van der Waals surface area (Å²) in [5.41, 5.74) is 5.48. The minimum Gasteiger partial charge on any atom is -0.488 e. The smallest absolute Gasteiger partial charge is 0.410 e. The Labute approximate surface area is 461 Å². The summed E-state index contributed by atoms with van der Waals surface area (Å²) < 4.78 is 23.3. The zero-order valence-electron chi connectivity index (χ0n) is 46.4. The lowest BCUT2D eigenvalue weighted by molar-refractivity contribution is 0.0237. The number of benzene rings is 2. The van der Waals surface area contributed by atoms with E-state index in [1.54, 1.807) is 41.6 Å². The molecule has 0 unspecified atom stereocenters. The number of aryl methyl sites for hydroxylation is 2. The molecular formula is C60H84N12O6. The molecule has 6 aromatic rings. The van der Waals surface area contributed by atoms with Crippen molar-refractivity contribution in [3.8, 4) is 11.5 Å². The number of pyridine rings is 2. The third-order valence-corrected chi connectivity index (χ3v) is 15.2. The van der Waals surface area contributed by atoms with E-state index in [1.807, 2.05) is 65.0 Å². The average Bonchev–Trinajstić information content (AvgIpc) is 3.76. The second-order valence-electron chi connectivity index (χ2n) is 22.1. The number of para-hydroxylation sites is 2. The number of nitrogens with zero attached hydrogens (tertiary/aromatic N) is 9. The first-order chi connectivity index (χ1) is 37.2. The van der Waals surface area contributed by atoms with Gasteiger partial charge in [0.05, 0.1) is 17.1 Å². The average molecular weight is 1070 g/mol. The lowest BCUT2D eigenvalue weighted by Crippen LogP contribution is -2.39. The number of amides is 3. The molecule has 420 valence electrons. The van der Waals surface area contributed by atoms with Crippen LogP contribution in [0.5, 0.6) is 11.5 Å². The number of fused-ring (bicyclic) bond motifs is 2. The van der Waals surface area contributed by atoms with Gasteiger partial charge < -0.3 is 43.4 Å². The Hall–Kier alpha value is -6.63. The number of likely N-dealkylation sites (tertiary alicyclic amines) is 3. The topological polar surface area (TPSA) is 186 Å². The van der Waals surface area contributed by atoms with Crippen LogP contribution in [0.3, 0.4) is 0 Å². The van der Waals surface area contributed by atoms with E-state index in [0.717, 1.165) is 162 Å². The first-order valence-corrected chi connectivity index (χ1v) is 28.2. The number of ether oxygens (including phenoxy) is 3. The van der Waals surface area contributed by atoms with Crippen LogP contribution in [-0.4, -0.2) is 145 Å². The van der Waals surface area contributed by atoms with Gasteiger partial charge in [-0.2, -0.15) is 0 Å². The minimum atomic E-state index is -0.587. The van der Waals surface area contributed by atoms with E-state index in [0.29, 0.717) is 36.1 Å². The second-order valence-corrected chi connectivity index (χ2v) is 22.1. The van der Waals surface area contributed by atoms with Gasteiger partial charge in [0.25, 0.3) is 11.8 Å². The molecule has 4 fully saturated rings. The van der Waals surface area contributed by atoms with Gasteiger partial charge in [0, 0.05) is 86.8 Å². The van der Waals surface area contributed by atoms with Gasteiger partial charge in [-0.1, -0.05) is 39.8 Å². The Balaban J connectivity index is 0.000000206. The van der Waals surface area contributed by atoms with Crippen LogP contribution in [0.25, 0.3) is 22.1 Å². The van der Waals surface area contributed by atoms with Crippen molar-refractivity contribution >= 4 is 51.9 Å². The van der Waals surface area contributed by atoms with Crippen molar-refractivity contribution < 1.29 is 28.6 Å². The molecule has 18 nitrogen and oxygen atoms in total. The van der Waals surface area contributed by atoms with Crippen LogP contribution in [0, 0.1) is 13.8 Å². The number of hydrogen-bond acceptors (Lipinski definition) is 13. The maximum Gasteiger partial charge on any atom is 0.410 e. The molecule has 10 rings (SSSR count). The molecule has 8 heterocycles. The van der Waals surface area contributed by atoms with Crippen molar-refractivity contribution in [1.82, 2.24) is 49.1 Å². The second kappa shape index (κ2) is 26.3. The lowest BCUT2D eigenvalue weighted by atomic mass is 10.1. The SMILES string of the molecule is C.CCN1CCC(Oc2cccc3nc(NC(=O)c4ccnc(C)c4)n([C@@H]4CCCCN(C(=O)OC(C)(C)C)C4)c23)CC1.CCN1CCC(Oc2cccc3nc(NC(=O)c4ccnc(C)c4)n([C@@H]4CCCCNC4)c23)CC1. The van der Waals surface area contributed by atoms with Crippen molar-refractivity contribution in [2.24, 2.45) is 0 Å². The number of piperidine rings is 2. The summed E-state index contributed by atoms with van der Waals surface area (Å²) in [6, 6.07) is 19.0. The summed E-state index contributed by atoms with van der Waals surface area (Å²) in [5, 5.41) is 9.74. The van der Waals surface area contributed by atoms with Crippen molar-refractivity contribution in [3.63, 3.8) is 0 Å². The standard InChI is InChI=1S/C32H44N6O4.C27H36N6O2.CH4/c1-6-36-18-14-25(15-19-36)41-27-12-9-11-26-28(27)38(30(34-26)35-29(39)23-13-16-33-22(2)20-23)24-10-7-8-17-37(21-24)31(40)42-32(3,4)5;1-3-32-15-11-22(12-16-32)35-24-9-6-8-23-25(24)33(21-7-4-5-13-28-18-21)27(30-23)31-26(34)20-10-14-29-19(2)17-20;/h9,11-13,16,20,24-25H,6-8,10,14-15,17-19,21H2,1-5H3,(H,34,35,39);6,8-10,14,17,21-22,28H,3-5,7,11-13,15-16,18H2,1-2H3,(H,30,31,34);1H4/t24-;21-;/m11./s1. The molecule has 2 atom stereocenters. The van der Waals surface area contributed by atoms with E-state index in [4.69, 9.17) is 24.2 Å². The fraction of sp³-hybridized carbons (Fsp3) is 0.550. The summed E-state index contributed by atoms with van der Waals surface area (Å²) in [4.78, 5) is 64.7. The number of carbonyl (C=O) groups excluding carboxylic acids is 3. The van der Waals surface area contributed by atoms with Gasteiger partial charge in [-0.25, -0.2) is 14.8 Å². The molecule has 0 spiro atoms. The molecule has 0 bridgehead atoms. The maximum absolute atomic E-state index is 13.4. The summed E-state index contributed by atoms with van der Waals surface area (Å²) in [6.07, 6.45) is 13.2. The van der Waals surface area contributed by atoms with Crippen LogP contribution >= 0.6 is 0 Å². The van der Waals surface area contributed by atoms with Crippen LogP contribution in [0.1, 0.15) is 150 Å². The zero-order valence-corrected chi connectivity index (χ0v) is 46.4. The molecule has 4 saturated heterocycles. The monoisotopic (exact) mass is 1070 g/mol. The lowest BCUT2D eigenvalue weighted by Gasteiger charge is -2.32. The molecule has 3 amide bonds. The van der Waals surface area contributed by atoms with Gasteiger partial charge in [0.2, 0.25) is 11.9 Å². The third kappa shape index (κ3) is 14.3. The highest BCUT2D eigenvalue weighted by Gasteiger charge is 2.32. The van der Waals surface area contributed by atoms with Gasteiger partial charge in [-0.3, -0.25) is 30.2 Å². The van der Waals surface area contributed by atoms with Gasteiger partial charge in [-0.15, -0.1) is 0 Å². The molecule has 4 aliphatic rings. The van der Waals surface area contributed by atoms with E-state index < -0.39 is 5.60 Å². The molecule has 0 radical (unpaired) electrons. The fourth-order valence-electron chi connectivity index (χ4n) is 11.1. The Bertz CT molecular complexity index is 2960. The van der Waals surface area contributed by atoms with E-state index in [-0.39, 0.29) is 49.6 Å². The van der Waals surface area contributed by atoms with Gasteiger partial charge in [0.1, 0.15) is 40.3 Å². The first-order valence-electron chi connectivity index (χ1n) is 28.2. The summed E-state index contributed by atoms with van der Waals surface area (Å²) in [6.45, 7) is 23.0. The van der Waals surface area contributed by atoms with Crippen molar-refractivity contribution in [1.29, 1.82) is 0 Å². The summed E-state index contributed by atoms with van der Waals surface area (Å²) >= 11 is 0. The van der Waals surface area contributed by atoms with Crippen molar-refractivity contribution in [2.75, 3.05) is 76.1 Å². The number of hydrogen-bond donors (Lipinski definition) is 3. The van der Waals surface area contributed by atoms with E-state index in [9.17, 15) is 14.4 Å². The largest absolute Gasteiger partial charge is 0.488 e. The maximum atomic E-state index is 13.4. The van der Waals surface area contributed by atoms with E-state index >= 15 is 0 Å². The normalized spacial score (nSPS) is 19.2. The number of aromatic nitrogens is 6. The molecule has 0 saturated carbocycles. The third-order valence-electron chi connectivity index (χ3n) is 15.2. The van der Waals surface area contributed by atoms with E-state index in [2.05, 4.69) is 64.8 Å². The van der Waals surface area contributed by atoms with Gasteiger partial charge in [-0.05, 0) is 161 Å². The molecular weight excluding hydrogens is 985 g/mol. The molecule has 18 heteroatoms. The van der Waals surface area contributed by atoms with Crippen LogP contribution < -0.4 is 25.4 Å². The predicted octanol–water partition coefficient (Wildman–Crippen LogP) is 10.6. The highest BCUT2D eigenvalue weighted by atomic mass is 16.6. The molecule has 4 aromatic heterocycles. The number of rotatable bonds is 12. The Kier molecular flexibility index (Phi) is 19.4. The molecule has 4 aliphatic heterocycles. The highest BCUT2D eigenvalue weighted by Crippen LogP contribution is 2.38. The Morgan fingerprint density at radius 3 is 1.62 bits per heavy atom. The molecule has 78 heavy (non-hydrogen) atoms. The number of imidazole rings is 2. The van der Waals surface area contributed by atoms with Gasteiger partial charge in [0.15, 0.2) is 0 Å². The molecule has 2 aromatic carbocycles. The summed E-state index contributed by atoms with van der Waals surface area (Å²) in [5.74, 6) is 2.19. The summed E-state index contributed by atoms with van der Waals surface area (Å²) in [7, 11) is 0. The Morgan fingerprint density at radius 1 is 0.641 bits per heavy atom. The predicted molar refractivity (Wildman–Crippen MR) is 308 cm³/mol. The molecule has 0 aliphatic carbocycles. The first kappa shape index (κ1) is 57.5. The molecule has 3 N–H and O–H groups in total. The highest BCUT2D eigenvalue weighted by molar-refractivity contribution is 6.05. The van der Waals surface area contributed by atoms with Crippen molar-refractivity contribution in [2.45, 2.75) is 150 Å². The van der Waals surface area contributed by atoms with Crippen LogP contribution in [0.15, 0.2) is 73.1 Å². The van der Waals surface area contributed by atoms with Crippen LogP contribution in [0.4, 0.5) is 16.7 Å². The van der Waals surface area contributed by atoms with E-state index in [1.165, 1.54) is 0 Å². The minimum absolute atomic E-state index is 0. The van der Waals surface area contributed by atoms with Crippen LogP contribution in [-0.2, 0) is 4.74 Å². The zero-order chi connectivity index (χ0) is 54.1. The fourth-order valence-corrected chi connectivity index (χ4v) is 11.1. The van der Waals surface area contributed by atoms with Crippen LogP contribution in [0.2, 0.25) is 0 Å². The number of carbonyl (C=O) groups is 3. The quantitative estimate of drug-likeness (QED) is 0.105. The Morgan fingerprint density at radius 2 is 1.13 bits per heavy atom. The number of nitrogens with one attached hydrogen (secondary N) is 3. The number of anilines is 2. The van der Waals surface area contributed by atoms with Crippen molar-refractivity contribution in [3.05, 3.63) is 95.6 Å². The van der Waals surface area contributed by atoms with Gasteiger partial charge >= 0.3 is 6.09 Å².